The number of halogens is 3. The average Bonchev–Trinajstić information content (AvgIpc) is 2.76. The molecular formula is C21H24Cl2FN3O3S. The van der Waals surface area contributed by atoms with Crippen molar-refractivity contribution in [1.82, 2.24) is 14.5 Å². The van der Waals surface area contributed by atoms with Crippen molar-refractivity contribution in [2.45, 2.75) is 24.3 Å². The van der Waals surface area contributed by atoms with Crippen LogP contribution in [0.3, 0.4) is 0 Å². The molecule has 1 atom stereocenters. The van der Waals surface area contributed by atoms with Crippen LogP contribution in [0.15, 0.2) is 47.4 Å². The monoisotopic (exact) mass is 487 g/mol. The number of hydrogen-bond acceptors (Lipinski definition) is 4. The first kappa shape index (κ1) is 23.9. The van der Waals surface area contributed by atoms with Gasteiger partial charge in [0.25, 0.3) is 0 Å². The number of hydrogen-bond donors (Lipinski definition) is 1. The van der Waals surface area contributed by atoms with Crippen LogP contribution in [-0.2, 0) is 21.2 Å². The zero-order valence-electron chi connectivity index (χ0n) is 17.0. The molecule has 1 N–H and O–H groups in total. The SMILES string of the molecule is CC(C(=O)NCCc1ccc(F)cc1)N1CCN(S(=O)(=O)c2cccc(Cl)c2Cl)CC1. The van der Waals surface area contributed by atoms with Crippen molar-refractivity contribution in [2.75, 3.05) is 32.7 Å². The van der Waals surface area contributed by atoms with Gasteiger partial charge in [-0.15, -0.1) is 0 Å². The first-order valence-electron chi connectivity index (χ1n) is 9.90. The lowest BCUT2D eigenvalue weighted by Gasteiger charge is -2.36. The molecule has 1 heterocycles. The molecule has 168 valence electrons. The Labute approximate surface area is 192 Å². The Morgan fingerprint density at radius 1 is 1.10 bits per heavy atom. The van der Waals surface area contributed by atoms with Gasteiger partial charge in [-0.1, -0.05) is 41.4 Å². The van der Waals surface area contributed by atoms with Crippen molar-refractivity contribution >= 4 is 39.1 Å². The number of rotatable bonds is 7. The molecule has 2 aromatic carbocycles. The van der Waals surface area contributed by atoms with Gasteiger partial charge in [0.1, 0.15) is 10.7 Å². The second-order valence-electron chi connectivity index (χ2n) is 7.34. The van der Waals surface area contributed by atoms with E-state index in [9.17, 15) is 17.6 Å². The molecular weight excluding hydrogens is 464 g/mol. The summed E-state index contributed by atoms with van der Waals surface area (Å²) in [5.41, 5.74) is 0.938. The molecule has 0 aliphatic carbocycles. The second kappa shape index (κ2) is 10.3. The molecule has 6 nitrogen and oxygen atoms in total. The number of piperazine rings is 1. The number of carbonyl (C=O) groups is 1. The highest BCUT2D eigenvalue weighted by Crippen LogP contribution is 2.31. The molecule has 1 aliphatic rings. The molecule has 31 heavy (non-hydrogen) atoms. The van der Waals surface area contributed by atoms with Crippen molar-refractivity contribution in [3.05, 3.63) is 63.9 Å². The molecule has 1 amide bonds. The Bertz CT molecular complexity index is 1030. The van der Waals surface area contributed by atoms with Gasteiger partial charge in [0, 0.05) is 32.7 Å². The summed E-state index contributed by atoms with van der Waals surface area (Å²) < 4.78 is 40.2. The number of carbonyl (C=O) groups excluding carboxylic acids is 1. The maximum Gasteiger partial charge on any atom is 0.244 e. The molecule has 0 bridgehead atoms. The van der Waals surface area contributed by atoms with Gasteiger partial charge in [0.05, 0.1) is 16.1 Å². The summed E-state index contributed by atoms with van der Waals surface area (Å²) in [6.45, 7) is 3.58. The highest BCUT2D eigenvalue weighted by molar-refractivity contribution is 7.89. The average molecular weight is 488 g/mol. The van der Waals surface area contributed by atoms with E-state index in [1.807, 2.05) is 4.90 Å². The molecule has 3 rings (SSSR count). The van der Waals surface area contributed by atoms with E-state index in [-0.39, 0.29) is 39.8 Å². The van der Waals surface area contributed by atoms with Crippen LogP contribution in [0.5, 0.6) is 0 Å². The Kier molecular flexibility index (Phi) is 7.93. The van der Waals surface area contributed by atoms with Gasteiger partial charge in [0.2, 0.25) is 15.9 Å². The van der Waals surface area contributed by atoms with Gasteiger partial charge in [-0.2, -0.15) is 4.31 Å². The number of amides is 1. The third kappa shape index (κ3) is 5.75. The van der Waals surface area contributed by atoms with Crippen LogP contribution < -0.4 is 5.32 Å². The third-order valence-electron chi connectivity index (χ3n) is 5.36. The van der Waals surface area contributed by atoms with E-state index < -0.39 is 16.1 Å². The molecule has 2 aromatic rings. The lowest BCUT2D eigenvalue weighted by Crippen LogP contribution is -2.55. The van der Waals surface area contributed by atoms with E-state index >= 15 is 0 Å². The lowest BCUT2D eigenvalue weighted by atomic mass is 10.1. The fourth-order valence-electron chi connectivity index (χ4n) is 3.45. The molecule has 1 aliphatic heterocycles. The van der Waals surface area contributed by atoms with E-state index in [1.165, 1.54) is 28.6 Å². The van der Waals surface area contributed by atoms with Crippen molar-refractivity contribution in [1.29, 1.82) is 0 Å². The molecule has 0 radical (unpaired) electrons. The van der Waals surface area contributed by atoms with Gasteiger partial charge in [-0.05, 0) is 43.2 Å². The van der Waals surface area contributed by atoms with Crippen LogP contribution in [0.2, 0.25) is 10.0 Å². The van der Waals surface area contributed by atoms with Crippen molar-refractivity contribution in [3.8, 4) is 0 Å². The van der Waals surface area contributed by atoms with E-state index in [1.54, 1.807) is 25.1 Å². The Balaban J connectivity index is 1.51. The number of sulfonamides is 1. The standard InChI is InChI=1S/C21H24Cl2FN3O3S/c1-15(21(28)25-10-9-16-5-7-17(24)8-6-16)26-11-13-27(14-12-26)31(29,30)19-4-2-3-18(22)20(19)23/h2-8,15H,9-14H2,1H3,(H,25,28). The summed E-state index contributed by atoms with van der Waals surface area (Å²) in [6, 6.07) is 10.3. The fraction of sp³-hybridized carbons (Fsp3) is 0.381. The minimum atomic E-state index is -3.77. The van der Waals surface area contributed by atoms with Crippen LogP contribution in [0.1, 0.15) is 12.5 Å². The van der Waals surface area contributed by atoms with Crippen LogP contribution in [0, 0.1) is 5.82 Å². The van der Waals surface area contributed by atoms with Crippen LogP contribution in [0.25, 0.3) is 0 Å². The second-order valence-corrected chi connectivity index (χ2v) is 10.0. The summed E-state index contributed by atoms with van der Waals surface area (Å²) in [5.74, 6) is -0.420. The zero-order valence-corrected chi connectivity index (χ0v) is 19.4. The normalized spacial score (nSPS) is 16.8. The van der Waals surface area contributed by atoms with Gasteiger partial charge < -0.3 is 5.32 Å². The smallest absolute Gasteiger partial charge is 0.244 e. The van der Waals surface area contributed by atoms with Crippen molar-refractivity contribution < 1.29 is 17.6 Å². The number of nitrogens with one attached hydrogen (secondary N) is 1. The van der Waals surface area contributed by atoms with E-state index in [4.69, 9.17) is 23.2 Å². The van der Waals surface area contributed by atoms with Crippen molar-refractivity contribution in [3.63, 3.8) is 0 Å². The summed E-state index contributed by atoms with van der Waals surface area (Å²) in [6.07, 6.45) is 0.602. The van der Waals surface area contributed by atoms with Crippen LogP contribution >= 0.6 is 23.2 Å². The van der Waals surface area contributed by atoms with E-state index in [0.29, 0.717) is 26.1 Å². The molecule has 0 saturated carbocycles. The highest BCUT2D eigenvalue weighted by Gasteiger charge is 2.33. The summed E-state index contributed by atoms with van der Waals surface area (Å²) in [7, 11) is -3.77. The first-order chi connectivity index (χ1) is 14.7. The topological polar surface area (TPSA) is 69.7 Å². The minimum absolute atomic E-state index is 0.0123. The molecule has 10 heteroatoms. The molecule has 0 spiro atoms. The minimum Gasteiger partial charge on any atom is -0.354 e. The Morgan fingerprint density at radius 2 is 1.74 bits per heavy atom. The molecule has 1 unspecified atom stereocenters. The Morgan fingerprint density at radius 3 is 2.39 bits per heavy atom. The maximum atomic E-state index is 13.0. The number of benzene rings is 2. The van der Waals surface area contributed by atoms with Gasteiger partial charge >= 0.3 is 0 Å². The summed E-state index contributed by atoms with van der Waals surface area (Å²) >= 11 is 12.1. The van der Waals surface area contributed by atoms with Crippen LogP contribution in [-0.4, -0.2) is 62.3 Å². The van der Waals surface area contributed by atoms with Gasteiger partial charge in [-0.3, -0.25) is 9.69 Å². The number of nitrogens with zero attached hydrogens (tertiary/aromatic N) is 2. The predicted molar refractivity (Wildman–Crippen MR) is 119 cm³/mol. The summed E-state index contributed by atoms with van der Waals surface area (Å²) in [5, 5.41) is 3.09. The van der Waals surface area contributed by atoms with E-state index in [0.717, 1.165) is 5.56 Å². The fourth-order valence-corrected chi connectivity index (χ4v) is 5.61. The largest absolute Gasteiger partial charge is 0.354 e. The maximum absolute atomic E-state index is 13.0. The highest BCUT2D eigenvalue weighted by atomic mass is 35.5. The van der Waals surface area contributed by atoms with E-state index in [2.05, 4.69) is 5.32 Å². The van der Waals surface area contributed by atoms with Crippen molar-refractivity contribution in [2.24, 2.45) is 0 Å². The molecule has 1 fully saturated rings. The third-order valence-corrected chi connectivity index (χ3v) is 8.23. The Hall–Kier alpha value is -1.71. The predicted octanol–water partition coefficient (Wildman–Crippen LogP) is 3.19. The van der Waals surface area contributed by atoms with Crippen LogP contribution in [0.4, 0.5) is 4.39 Å². The van der Waals surface area contributed by atoms with Gasteiger partial charge in [0.15, 0.2) is 0 Å². The quantitative estimate of drug-likeness (QED) is 0.650. The lowest BCUT2D eigenvalue weighted by molar-refractivity contribution is -0.126. The summed E-state index contributed by atoms with van der Waals surface area (Å²) in [4.78, 5) is 14.4. The molecule has 0 aromatic heterocycles. The zero-order chi connectivity index (χ0) is 22.6. The van der Waals surface area contributed by atoms with Gasteiger partial charge in [-0.25, -0.2) is 12.8 Å². The molecule has 1 saturated heterocycles. The first-order valence-corrected chi connectivity index (χ1v) is 12.1.